The van der Waals surface area contributed by atoms with Gasteiger partial charge in [-0.2, -0.15) is 0 Å². The highest BCUT2D eigenvalue weighted by molar-refractivity contribution is 7.13. The zero-order chi connectivity index (χ0) is 12.8. The first-order chi connectivity index (χ1) is 8.11. The smallest absolute Gasteiger partial charge is 0.380 e. The Hall–Kier alpha value is -1.69. The monoisotopic (exact) mass is 256 g/mol. The fourth-order valence-electron chi connectivity index (χ4n) is 1.14. The number of rotatable bonds is 5. The van der Waals surface area contributed by atoms with Crippen molar-refractivity contribution < 1.29 is 23.9 Å². The van der Waals surface area contributed by atoms with Crippen LogP contribution in [0.25, 0.3) is 0 Å². The highest BCUT2D eigenvalue weighted by Crippen LogP contribution is 2.19. The van der Waals surface area contributed by atoms with E-state index in [1.165, 1.54) is 6.07 Å². The molecule has 0 aromatic carbocycles. The predicted molar refractivity (Wildman–Crippen MR) is 61.2 cm³/mol. The molecule has 1 heterocycles. The average molecular weight is 256 g/mol. The third-order valence-electron chi connectivity index (χ3n) is 1.83. The number of ketones is 1. The molecule has 1 aromatic rings. The van der Waals surface area contributed by atoms with Crippen LogP contribution in [-0.2, 0) is 14.3 Å². The highest BCUT2D eigenvalue weighted by Gasteiger charge is 2.25. The third kappa shape index (κ3) is 3.13. The topological polar surface area (TPSA) is 69.7 Å². The number of hydrogen-bond donors (Lipinski definition) is 0. The van der Waals surface area contributed by atoms with Crippen molar-refractivity contribution in [3.05, 3.63) is 21.9 Å². The Labute approximate surface area is 102 Å². The van der Waals surface area contributed by atoms with Gasteiger partial charge in [-0.3, -0.25) is 4.79 Å². The number of ether oxygens (including phenoxy) is 2. The molecule has 0 bridgehead atoms. The summed E-state index contributed by atoms with van der Waals surface area (Å²) in [6, 6.07) is 1.45. The molecule has 0 spiro atoms. The van der Waals surface area contributed by atoms with Gasteiger partial charge < -0.3 is 9.47 Å². The summed E-state index contributed by atoms with van der Waals surface area (Å²) in [7, 11) is 0. The normalized spacial score (nSPS) is 9.76. The van der Waals surface area contributed by atoms with Crippen molar-refractivity contribution in [1.29, 1.82) is 0 Å². The van der Waals surface area contributed by atoms with Crippen LogP contribution < -0.4 is 0 Å². The van der Waals surface area contributed by atoms with Gasteiger partial charge in [0.15, 0.2) is 0 Å². The van der Waals surface area contributed by atoms with E-state index in [1.54, 1.807) is 19.2 Å². The van der Waals surface area contributed by atoms with Crippen molar-refractivity contribution in [3.63, 3.8) is 0 Å². The van der Waals surface area contributed by atoms with Crippen LogP contribution >= 0.6 is 11.3 Å². The summed E-state index contributed by atoms with van der Waals surface area (Å²) in [6.07, 6.45) is 0. The number of Topliss-reactive ketones (excluding diaryl/α,β-unsaturated/α-hetero) is 1. The third-order valence-corrected chi connectivity index (χ3v) is 2.74. The number of carbonyl (C=O) groups is 3. The molecule has 0 amide bonds. The number of esters is 2. The van der Waals surface area contributed by atoms with Crippen LogP contribution in [0.5, 0.6) is 0 Å². The van der Waals surface area contributed by atoms with Gasteiger partial charge >= 0.3 is 11.9 Å². The second-order valence-corrected chi connectivity index (χ2v) is 3.85. The Kier molecular flexibility index (Phi) is 4.84. The number of hydrogen-bond acceptors (Lipinski definition) is 6. The first-order valence-corrected chi connectivity index (χ1v) is 5.95. The Morgan fingerprint density at radius 3 is 2.41 bits per heavy atom. The summed E-state index contributed by atoms with van der Waals surface area (Å²) in [5, 5.41) is 1.55. The lowest BCUT2D eigenvalue weighted by Crippen LogP contribution is -2.19. The molecule has 0 fully saturated rings. The van der Waals surface area contributed by atoms with Gasteiger partial charge in [0.05, 0.1) is 23.7 Å². The first-order valence-electron chi connectivity index (χ1n) is 5.07. The first kappa shape index (κ1) is 13.4. The molecule has 0 radical (unpaired) electrons. The minimum atomic E-state index is -0.958. The SMILES string of the molecule is CCOC(=O)C(=O)c1sccc1C(=O)OCC. The fraction of sp³-hybridized carbons (Fsp3) is 0.364. The maximum atomic E-state index is 11.7. The van der Waals surface area contributed by atoms with E-state index < -0.39 is 17.7 Å². The van der Waals surface area contributed by atoms with Crippen molar-refractivity contribution >= 4 is 29.1 Å². The van der Waals surface area contributed by atoms with Gasteiger partial charge in [-0.25, -0.2) is 9.59 Å². The molecule has 0 atom stereocenters. The van der Waals surface area contributed by atoms with E-state index in [-0.39, 0.29) is 23.7 Å². The van der Waals surface area contributed by atoms with Crippen molar-refractivity contribution in [2.75, 3.05) is 13.2 Å². The molecule has 0 saturated carbocycles. The van der Waals surface area contributed by atoms with Gasteiger partial charge in [0.1, 0.15) is 0 Å². The maximum Gasteiger partial charge on any atom is 0.380 e. The van der Waals surface area contributed by atoms with Crippen molar-refractivity contribution in [2.24, 2.45) is 0 Å². The second-order valence-electron chi connectivity index (χ2n) is 2.93. The van der Waals surface area contributed by atoms with E-state index >= 15 is 0 Å². The minimum Gasteiger partial charge on any atom is -0.462 e. The summed E-state index contributed by atoms with van der Waals surface area (Å²) in [5.41, 5.74) is 0.106. The molecular formula is C11H12O5S. The zero-order valence-corrected chi connectivity index (χ0v) is 10.3. The summed E-state index contributed by atoms with van der Waals surface area (Å²) in [4.78, 5) is 34.5. The molecule has 1 aromatic heterocycles. The van der Waals surface area contributed by atoms with Crippen LogP contribution in [0.1, 0.15) is 33.9 Å². The van der Waals surface area contributed by atoms with Crippen molar-refractivity contribution in [2.45, 2.75) is 13.8 Å². The molecule has 92 valence electrons. The second kappa shape index (κ2) is 6.15. The van der Waals surface area contributed by atoms with E-state index in [4.69, 9.17) is 4.74 Å². The molecule has 1 rings (SSSR count). The Bertz CT molecular complexity index is 435. The molecule has 0 aliphatic heterocycles. The van der Waals surface area contributed by atoms with Crippen LogP contribution in [0.2, 0.25) is 0 Å². The van der Waals surface area contributed by atoms with Gasteiger partial charge in [0.25, 0.3) is 5.78 Å². The lowest BCUT2D eigenvalue weighted by atomic mass is 10.2. The Morgan fingerprint density at radius 1 is 1.18 bits per heavy atom. The van der Waals surface area contributed by atoms with E-state index in [0.717, 1.165) is 11.3 Å². The largest absolute Gasteiger partial charge is 0.462 e. The van der Waals surface area contributed by atoms with E-state index in [1.807, 2.05) is 0 Å². The van der Waals surface area contributed by atoms with Crippen molar-refractivity contribution in [1.82, 2.24) is 0 Å². The molecule has 0 aliphatic rings. The van der Waals surface area contributed by atoms with Crippen LogP contribution in [0.15, 0.2) is 11.4 Å². The van der Waals surface area contributed by atoms with Crippen LogP contribution in [0, 0.1) is 0 Å². The Balaban J connectivity index is 2.92. The number of carbonyl (C=O) groups excluding carboxylic acids is 3. The predicted octanol–water partition coefficient (Wildman–Crippen LogP) is 1.67. The zero-order valence-electron chi connectivity index (χ0n) is 9.52. The van der Waals surface area contributed by atoms with Crippen LogP contribution in [-0.4, -0.2) is 30.9 Å². The van der Waals surface area contributed by atoms with Gasteiger partial charge in [-0.05, 0) is 25.3 Å². The van der Waals surface area contributed by atoms with E-state index in [2.05, 4.69) is 4.74 Å². The number of thiophene rings is 1. The average Bonchev–Trinajstić information content (AvgIpc) is 2.77. The van der Waals surface area contributed by atoms with Crippen LogP contribution in [0.4, 0.5) is 0 Å². The van der Waals surface area contributed by atoms with E-state index in [0.29, 0.717) is 0 Å². The molecule has 0 saturated heterocycles. The highest BCUT2D eigenvalue weighted by atomic mass is 32.1. The van der Waals surface area contributed by atoms with Crippen LogP contribution in [0.3, 0.4) is 0 Å². The maximum absolute atomic E-state index is 11.7. The summed E-state index contributed by atoms with van der Waals surface area (Å²) >= 11 is 1.01. The molecule has 0 unspecified atom stereocenters. The quantitative estimate of drug-likeness (QED) is 0.455. The lowest BCUT2D eigenvalue weighted by molar-refractivity contribution is -0.137. The van der Waals surface area contributed by atoms with E-state index in [9.17, 15) is 14.4 Å². The summed E-state index contributed by atoms with van der Waals surface area (Å²) < 4.78 is 9.37. The van der Waals surface area contributed by atoms with Crippen molar-refractivity contribution in [3.8, 4) is 0 Å². The Morgan fingerprint density at radius 2 is 1.82 bits per heavy atom. The standard InChI is InChI=1S/C11H12O5S/c1-3-15-10(13)7-5-6-17-9(7)8(12)11(14)16-4-2/h5-6H,3-4H2,1-2H3. The molecule has 0 aliphatic carbocycles. The molecular weight excluding hydrogens is 244 g/mol. The van der Waals surface area contributed by atoms with Gasteiger partial charge in [0, 0.05) is 0 Å². The summed E-state index contributed by atoms with van der Waals surface area (Å²) in [5.74, 6) is -2.38. The molecule has 6 heteroatoms. The molecule has 17 heavy (non-hydrogen) atoms. The molecule has 5 nitrogen and oxygen atoms in total. The van der Waals surface area contributed by atoms with Gasteiger partial charge in [0.2, 0.25) is 0 Å². The summed E-state index contributed by atoms with van der Waals surface area (Å²) in [6.45, 7) is 3.59. The molecule has 0 N–H and O–H groups in total. The minimum absolute atomic E-state index is 0.0573. The fourth-order valence-corrected chi connectivity index (χ4v) is 1.95. The van der Waals surface area contributed by atoms with Gasteiger partial charge in [-0.1, -0.05) is 0 Å². The lowest BCUT2D eigenvalue weighted by Gasteiger charge is -2.02. The van der Waals surface area contributed by atoms with Gasteiger partial charge in [-0.15, -0.1) is 11.3 Å².